The summed E-state index contributed by atoms with van der Waals surface area (Å²) in [6, 6.07) is 18.0. The number of fused-ring (bicyclic) bond motifs is 1. The molecule has 3 aromatic rings. The first-order valence-corrected chi connectivity index (χ1v) is 11.2. The number of hydrogen-bond donors (Lipinski definition) is 0. The number of amides is 1. The smallest absolute Gasteiger partial charge is 0.233 e. The van der Waals surface area contributed by atoms with E-state index in [1.54, 1.807) is 7.11 Å². The topological polar surface area (TPSA) is 69.5 Å². The van der Waals surface area contributed by atoms with Crippen LogP contribution in [-0.2, 0) is 4.79 Å². The highest BCUT2D eigenvalue weighted by Gasteiger charge is 2.23. The molecule has 1 aliphatic rings. The summed E-state index contributed by atoms with van der Waals surface area (Å²) < 4.78 is 5.46. The second-order valence-corrected chi connectivity index (χ2v) is 8.44. The molecule has 0 radical (unpaired) electrons. The van der Waals surface area contributed by atoms with Crippen LogP contribution in [0.25, 0.3) is 10.9 Å². The van der Waals surface area contributed by atoms with Crippen molar-refractivity contribution in [2.45, 2.75) is 11.9 Å². The van der Waals surface area contributed by atoms with Crippen LogP contribution in [0.5, 0.6) is 5.75 Å². The summed E-state index contributed by atoms with van der Waals surface area (Å²) in [5.41, 5.74) is 3.53. The van der Waals surface area contributed by atoms with Crippen molar-refractivity contribution in [3.05, 3.63) is 59.7 Å². The van der Waals surface area contributed by atoms with Crippen LogP contribution in [0.4, 0.5) is 5.69 Å². The van der Waals surface area contributed by atoms with Crippen LogP contribution in [0.2, 0.25) is 0 Å². The normalized spacial score (nSPS) is 13.8. The number of piperazine rings is 1. The molecule has 0 unspecified atom stereocenters. The summed E-state index contributed by atoms with van der Waals surface area (Å²) >= 11 is 1.34. The molecule has 6 nitrogen and oxygen atoms in total. The molecule has 0 atom stereocenters. The highest BCUT2D eigenvalue weighted by atomic mass is 32.2. The number of aromatic nitrogens is 1. The van der Waals surface area contributed by atoms with Gasteiger partial charge >= 0.3 is 0 Å². The summed E-state index contributed by atoms with van der Waals surface area (Å²) in [6.45, 7) is 4.85. The number of benzene rings is 2. The Balaban J connectivity index is 1.39. The third-order valence-corrected chi connectivity index (χ3v) is 6.43. The number of para-hydroxylation sites is 2. The van der Waals surface area contributed by atoms with E-state index < -0.39 is 0 Å². The molecule has 1 aliphatic heterocycles. The summed E-state index contributed by atoms with van der Waals surface area (Å²) in [5.74, 6) is 1.19. The van der Waals surface area contributed by atoms with E-state index >= 15 is 0 Å². The van der Waals surface area contributed by atoms with E-state index in [-0.39, 0.29) is 11.7 Å². The lowest BCUT2D eigenvalue weighted by molar-refractivity contribution is -0.128. The van der Waals surface area contributed by atoms with Gasteiger partial charge in [0.25, 0.3) is 0 Å². The quantitative estimate of drug-likeness (QED) is 0.570. The highest BCUT2D eigenvalue weighted by molar-refractivity contribution is 8.00. The zero-order valence-electron chi connectivity index (χ0n) is 17.7. The third-order valence-electron chi connectivity index (χ3n) is 5.45. The second kappa shape index (κ2) is 9.27. The van der Waals surface area contributed by atoms with Gasteiger partial charge in [-0.15, -0.1) is 0 Å². The molecule has 1 fully saturated rings. The standard InChI is InChI=1S/C24H24N4O2S/c1-17-7-8-18-14-19(15-25)24(26-20(18)13-17)31-16-23(29)28-11-9-27(10-12-28)21-5-3-4-6-22(21)30-2/h3-8,13-14H,9-12,16H2,1-2H3. The summed E-state index contributed by atoms with van der Waals surface area (Å²) in [7, 11) is 1.67. The molecule has 7 heteroatoms. The van der Waals surface area contributed by atoms with Crippen molar-refractivity contribution in [2.24, 2.45) is 0 Å². The molecule has 0 aliphatic carbocycles. The molecule has 2 heterocycles. The van der Waals surface area contributed by atoms with Crippen molar-refractivity contribution in [3.63, 3.8) is 0 Å². The number of thioether (sulfide) groups is 1. The maximum atomic E-state index is 12.8. The van der Waals surface area contributed by atoms with Crippen LogP contribution < -0.4 is 9.64 Å². The molecule has 4 rings (SSSR count). The number of aryl methyl sites for hydroxylation is 1. The Morgan fingerprint density at radius 2 is 1.94 bits per heavy atom. The lowest BCUT2D eigenvalue weighted by Crippen LogP contribution is -2.49. The number of anilines is 1. The maximum absolute atomic E-state index is 12.8. The first kappa shape index (κ1) is 21.0. The summed E-state index contributed by atoms with van der Waals surface area (Å²) in [6.07, 6.45) is 0. The van der Waals surface area contributed by atoms with Gasteiger partial charge in [0.05, 0.1) is 29.6 Å². The molecule has 31 heavy (non-hydrogen) atoms. The lowest BCUT2D eigenvalue weighted by atomic mass is 10.1. The molecular weight excluding hydrogens is 408 g/mol. The average molecular weight is 433 g/mol. The summed E-state index contributed by atoms with van der Waals surface area (Å²) in [5, 5.41) is 11.1. The van der Waals surface area contributed by atoms with E-state index in [9.17, 15) is 10.1 Å². The Kier molecular flexibility index (Phi) is 6.28. The van der Waals surface area contributed by atoms with E-state index in [4.69, 9.17) is 4.74 Å². The van der Waals surface area contributed by atoms with E-state index in [1.807, 2.05) is 60.4 Å². The lowest BCUT2D eigenvalue weighted by Gasteiger charge is -2.36. The molecule has 2 aromatic carbocycles. The highest BCUT2D eigenvalue weighted by Crippen LogP contribution is 2.29. The van der Waals surface area contributed by atoms with Crippen LogP contribution >= 0.6 is 11.8 Å². The van der Waals surface area contributed by atoms with Crippen molar-refractivity contribution in [1.82, 2.24) is 9.88 Å². The Morgan fingerprint density at radius 3 is 2.68 bits per heavy atom. The van der Waals surface area contributed by atoms with Crippen molar-refractivity contribution < 1.29 is 9.53 Å². The monoisotopic (exact) mass is 432 g/mol. The van der Waals surface area contributed by atoms with Gasteiger partial charge in [0, 0.05) is 31.6 Å². The van der Waals surface area contributed by atoms with Gasteiger partial charge in [-0.05, 0) is 36.8 Å². The van der Waals surface area contributed by atoms with Crippen molar-refractivity contribution in [3.8, 4) is 11.8 Å². The van der Waals surface area contributed by atoms with Crippen LogP contribution in [0.15, 0.2) is 53.6 Å². The molecule has 1 saturated heterocycles. The first-order chi connectivity index (χ1) is 15.1. The van der Waals surface area contributed by atoms with E-state index in [0.717, 1.165) is 41.0 Å². The van der Waals surface area contributed by atoms with Gasteiger partial charge in [-0.3, -0.25) is 4.79 Å². The van der Waals surface area contributed by atoms with Gasteiger partial charge in [0.1, 0.15) is 16.8 Å². The number of rotatable bonds is 5. The SMILES string of the molecule is COc1ccccc1N1CCN(C(=O)CSc2nc3cc(C)ccc3cc2C#N)CC1. The minimum atomic E-state index is 0.0692. The van der Waals surface area contributed by atoms with Crippen LogP contribution in [0.3, 0.4) is 0 Å². The number of methoxy groups -OCH3 is 1. The van der Waals surface area contributed by atoms with Crippen molar-refractivity contribution >= 4 is 34.3 Å². The molecule has 0 saturated carbocycles. The Labute approximate surface area is 186 Å². The predicted molar refractivity (Wildman–Crippen MR) is 124 cm³/mol. The van der Waals surface area contributed by atoms with Crippen LogP contribution in [0.1, 0.15) is 11.1 Å². The van der Waals surface area contributed by atoms with E-state index in [1.165, 1.54) is 11.8 Å². The van der Waals surface area contributed by atoms with Gasteiger partial charge in [-0.2, -0.15) is 5.26 Å². The molecular formula is C24H24N4O2S. The van der Waals surface area contributed by atoms with Gasteiger partial charge in [0.2, 0.25) is 5.91 Å². The number of hydrogen-bond acceptors (Lipinski definition) is 6. The fourth-order valence-corrected chi connectivity index (χ4v) is 4.62. The minimum Gasteiger partial charge on any atom is -0.495 e. The van der Waals surface area contributed by atoms with Gasteiger partial charge < -0.3 is 14.5 Å². The first-order valence-electron chi connectivity index (χ1n) is 10.2. The molecule has 0 N–H and O–H groups in total. The van der Waals surface area contributed by atoms with Crippen molar-refractivity contribution in [1.29, 1.82) is 5.26 Å². The maximum Gasteiger partial charge on any atom is 0.233 e. The second-order valence-electron chi connectivity index (χ2n) is 7.48. The van der Waals surface area contributed by atoms with E-state index in [2.05, 4.69) is 16.0 Å². The molecule has 0 spiro atoms. The number of carbonyl (C=O) groups excluding carboxylic acids is 1. The fraction of sp³-hybridized carbons (Fsp3) is 0.292. The Hall–Kier alpha value is -3.24. The Bertz CT molecular complexity index is 1150. The molecule has 0 bridgehead atoms. The zero-order chi connectivity index (χ0) is 21.8. The summed E-state index contributed by atoms with van der Waals surface area (Å²) in [4.78, 5) is 21.6. The largest absolute Gasteiger partial charge is 0.495 e. The molecule has 1 aromatic heterocycles. The average Bonchev–Trinajstić information content (AvgIpc) is 2.81. The minimum absolute atomic E-state index is 0.0692. The number of nitrogens with zero attached hydrogens (tertiary/aromatic N) is 4. The number of nitriles is 1. The fourth-order valence-electron chi connectivity index (χ4n) is 3.76. The van der Waals surface area contributed by atoms with Gasteiger partial charge in [0.15, 0.2) is 0 Å². The van der Waals surface area contributed by atoms with Crippen molar-refractivity contribution in [2.75, 3.05) is 43.9 Å². The molecule has 158 valence electrons. The predicted octanol–water partition coefficient (Wildman–Crippen LogP) is 3.86. The van der Waals surface area contributed by atoms with Gasteiger partial charge in [-0.1, -0.05) is 36.0 Å². The number of ether oxygens (including phenoxy) is 1. The third kappa shape index (κ3) is 4.59. The number of carbonyl (C=O) groups is 1. The van der Waals surface area contributed by atoms with Gasteiger partial charge in [-0.25, -0.2) is 4.98 Å². The number of pyridine rings is 1. The molecule has 1 amide bonds. The zero-order valence-corrected chi connectivity index (χ0v) is 18.5. The van der Waals surface area contributed by atoms with Crippen LogP contribution in [0, 0.1) is 18.3 Å². The van der Waals surface area contributed by atoms with E-state index in [0.29, 0.717) is 23.7 Å². The van der Waals surface area contributed by atoms with Crippen LogP contribution in [-0.4, -0.2) is 54.8 Å². The Morgan fingerprint density at radius 1 is 1.16 bits per heavy atom.